The molecule has 1 aliphatic heterocycles. The molecule has 0 spiro atoms. The van der Waals surface area contributed by atoms with Gasteiger partial charge in [0.05, 0.1) is 19.1 Å². The van der Waals surface area contributed by atoms with E-state index in [1.54, 1.807) is 13.8 Å². The van der Waals surface area contributed by atoms with Crippen molar-refractivity contribution in [2.75, 3.05) is 13.7 Å². The lowest BCUT2D eigenvalue weighted by molar-refractivity contribution is -0.144. The number of carboxylic acids is 1. The maximum absolute atomic E-state index is 14.0. The van der Waals surface area contributed by atoms with E-state index in [0.717, 1.165) is 16.8 Å². The van der Waals surface area contributed by atoms with E-state index in [2.05, 4.69) is 33.8 Å². The normalized spacial score (nSPS) is 19.3. The lowest BCUT2D eigenvalue weighted by Crippen LogP contribution is -2.30. The molecule has 2 amide bonds. The maximum Gasteiger partial charge on any atom is 0.317 e. The fourth-order valence-electron chi connectivity index (χ4n) is 6.89. The standard InChI is InChI=1S/C35H42N4O8/c1-8-20-17(4)24(39-34(20)45)13-23-18(5)22(9-10-27(42)43)31(37-23)29-30(35(46)47-7)33(44)28-19(6)25(38-32(28)29)14-26(36-15-41)21(11-12-40)16(2)3/h8,15,24,29-30,37-38,40H,1-2,9-14H2,3-7H3,(H,36,41)(H,39,45)(H,42,43)/b26-21-. The van der Waals surface area contributed by atoms with Crippen LogP contribution in [-0.4, -0.2) is 70.0 Å². The number of hydrogen-bond donors (Lipinski definition) is 6. The predicted octanol–water partition coefficient (Wildman–Crippen LogP) is 3.14. The Morgan fingerprint density at radius 1 is 1.06 bits per heavy atom. The van der Waals surface area contributed by atoms with Gasteiger partial charge in [-0.1, -0.05) is 24.8 Å². The first-order valence-corrected chi connectivity index (χ1v) is 15.4. The molecule has 250 valence electrons. The quantitative estimate of drug-likeness (QED) is 0.0736. The molecule has 3 heterocycles. The monoisotopic (exact) mass is 646 g/mol. The van der Waals surface area contributed by atoms with E-state index in [1.807, 2.05) is 13.8 Å². The molecule has 47 heavy (non-hydrogen) atoms. The van der Waals surface area contributed by atoms with Crippen molar-refractivity contribution in [1.82, 2.24) is 20.6 Å². The first kappa shape index (κ1) is 34.9. The van der Waals surface area contributed by atoms with E-state index in [-0.39, 0.29) is 44.2 Å². The lowest BCUT2D eigenvalue weighted by Gasteiger charge is -2.19. The molecule has 12 nitrogen and oxygen atoms in total. The molecule has 0 aromatic carbocycles. The van der Waals surface area contributed by atoms with Gasteiger partial charge in [-0.3, -0.25) is 24.0 Å². The highest BCUT2D eigenvalue weighted by Crippen LogP contribution is 2.47. The minimum atomic E-state index is -1.23. The van der Waals surface area contributed by atoms with E-state index >= 15 is 0 Å². The number of rotatable bonds is 15. The third-order valence-corrected chi connectivity index (χ3v) is 9.36. The number of fused-ring (bicyclic) bond motifs is 1. The third kappa shape index (κ3) is 6.50. The topological polar surface area (TPSA) is 191 Å². The van der Waals surface area contributed by atoms with Crippen LogP contribution in [-0.2, 0) is 43.2 Å². The van der Waals surface area contributed by atoms with Crippen LogP contribution in [0.5, 0.6) is 0 Å². The van der Waals surface area contributed by atoms with Crippen molar-refractivity contribution >= 4 is 30.0 Å². The first-order chi connectivity index (χ1) is 22.3. The van der Waals surface area contributed by atoms with Gasteiger partial charge in [-0.2, -0.15) is 0 Å². The Hall–Kier alpha value is -4.97. The van der Waals surface area contributed by atoms with Gasteiger partial charge in [-0.25, -0.2) is 0 Å². The number of ketones is 1. The average molecular weight is 647 g/mol. The summed E-state index contributed by atoms with van der Waals surface area (Å²) in [6, 6.07) is -0.332. The van der Waals surface area contributed by atoms with Crippen molar-refractivity contribution in [1.29, 1.82) is 0 Å². The van der Waals surface area contributed by atoms with E-state index in [9.17, 15) is 34.2 Å². The second-order valence-electron chi connectivity index (χ2n) is 12.1. The molecule has 2 aliphatic rings. The van der Waals surface area contributed by atoms with E-state index in [4.69, 9.17) is 4.74 Å². The number of aliphatic hydroxyl groups is 1. The van der Waals surface area contributed by atoms with Gasteiger partial charge in [0, 0.05) is 65.5 Å². The zero-order valence-corrected chi connectivity index (χ0v) is 27.4. The van der Waals surface area contributed by atoms with Crippen LogP contribution in [0.2, 0.25) is 0 Å². The Bertz CT molecular complexity index is 1740. The first-order valence-electron chi connectivity index (χ1n) is 15.4. The second-order valence-corrected chi connectivity index (χ2v) is 12.1. The number of carbonyl (C=O) groups excluding carboxylic acids is 4. The number of ether oxygens (including phenoxy) is 1. The van der Waals surface area contributed by atoms with Crippen LogP contribution >= 0.6 is 0 Å². The van der Waals surface area contributed by atoms with Crippen molar-refractivity contribution in [3.63, 3.8) is 0 Å². The number of methoxy groups -OCH3 is 1. The summed E-state index contributed by atoms with van der Waals surface area (Å²) < 4.78 is 5.11. The maximum atomic E-state index is 14.0. The smallest absolute Gasteiger partial charge is 0.317 e. The zero-order valence-electron chi connectivity index (χ0n) is 27.4. The molecule has 4 rings (SSSR count). The molecule has 0 saturated carbocycles. The number of nitrogens with one attached hydrogen (secondary N) is 4. The summed E-state index contributed by atoms with van der Waals surface area (Å²) in [6.45, 7) is 14.8. The molecule has 0 saturated heterocycles. The van der Waals surface area contributed by atoms with Gasteiger partial charge in [-0.05, 0) is 68.4 Å². The molecule has 6 N–H and O–H groups in total. The largest absolute Gasteiger partial charge is 0.481 e. The summed E-state index contributed by atoms with van der Waals surface area (Å²) in [5.41, 5.74) is 7.92. The molecule has 2 aromatic rings. The van der Waals surface area contributed by atoms with Gasteiger partial charge in [0.2, 0.25) is 6.41 Å². The number of aromatic nitrogens is 2. The number of aliphatic carboxylic acids is 1. The van der Waals surface area contributed by atoms with Crippen LogP contribution in [0.25, 0.3) is 0 Å². The number of Topliss-reactive ketones (excluding diaryl/α,β-unsaturated/α-hetero) is 1. The van der Waals surface area contributed by atoms with Gasteiger partial charge in [0.25, 0.3) is 5.91 Å². The van der Waals surface area contributed by atoms with Gasteiger partial charge in [0.1, 0.15) is 5.92 Å². The van der Waals surface area contributed by atoms with E-state index in [0.29, 0.717) is 69.0 Å². The highest BCUT2D eigenvalue weighted by molar-refractivity contribution is 6.14. The number of carbonyl (C=O) groups is 5. The fourth-order valence-corrected chi connectivity index (χ4v) is 6.89. The molecule has 12 heteroatoms. The Labute approximate surface area is 273 Å². The van der Waals surface area contributed by atoms with Crippen molar-refractivity contribution in [3.8, 4) is 0 Å². The van der Waals surface area contributed by atoms with Crippen LogP contribution in [0.15, 0.2) is 47.2 Å². The lowest BCUT2D eigenvalue weighted by atomic mass is 9.87. The number of hydrogen-bond acceptors (Lipinski definition) is 7. The molecule has 0 fully saturated rings. The number of amides is 2. The fraction of sp³-hybridized carbons (Fsp3) is 0.400. The van der Waals surface area contributed by atoms with Crippen LogP contribution < -0.4 is 10.6 Å². The number of esters is 1. The summed E-state index contributed by atoms with van der Waals surface area (Å²) >= 11 is 0. The minimum Gasteiger partial charge on any atom is -0.481 e. The Kier molecular flexibility index (Phi) is 10.5. The van der Waals surface area contributed by atoms with Gasteiger partial charge >= 0.3 is 11.9 Å². The van der Waals surface area contributed by atoms with Crippen LogP contribution in [0.4, 0.5) is 0 Å². The second kappa shape index (κ2) is 14.2. The number of allylic oxidation sites excluding steroid dienone is 2. The number of aromatic amines is 2. The molecule has 0 radical (unpaired) electrons. The molecular formula is C35H42N4O8. The number of H-pyrrole nitrogens is 2. The van der Waals surface area contributed by atoms with Crippen LogP contribution in [0.1, 0.15) is 82.4 Å². The molecule has 2 aromatic heterocycles. The molecule has 3 atom stereocenters. The van der Waals surface area contributed by atoms with E-state index in [1.165, 1.54) is 13.2 Å². The minimum absolute atomic E-state index is 0.135. The Morgan fingerprint density at radius 2 is 1.74 bits per heavy atom. The van der Waals surface area contributed by atoms with E-state index < -0.39 is 29.6 Å². The van der Waals surface area contributed by atoms with Crippen molar-refractivity contribution in [3.05, 3.63) is 92.3 Å². The zero-order chi connectivity index (χ0) is 34.7. The molecular weight excluding hydrogens is 604 g/mol. The molecule has 0 bridgehead atoms. The third-order valence-electron chi connectivity index (χ3n) is 9.36. The summed E-state index contributed by atoms with van der Waals surface area (Å²) in [5.74, 6) is -4.47. The van der Waals surface area contributed by atoms with Crippen LogP contribution in [0.3, 0.4) is 0 Å². The average Bonchev–Trinajstić information content (AvgIpc) is 3.69. The highest BCUT2D eigenvalue weighted by atomic mass is 16.5. The molecule has 3 unspecified atom stereocenters. The van der Waals surface area contributed by atoms with Gasteiger partial charge in [0.15, 0.2) is 5.78 Å². The van der Waals surface area contributed by atoms with Gasteiger partial charge in [-0.15, -0.1) is 0 Å². The summed E-state index contributed by atoms with van der Waals surface area (Å²) in [5, 5.41) is 24.9. The van der Waals surface area contributed by atoms with Crippen molar-refractivity contribution < 1.29 is 38.9 Å². The highest BCUT2D eigenvalue weighted by Gasteiger charge is 2.50. The molecule has 1 aliphatic carbocycles. The van der Waals surface area contributed by atoms with Crippen molar-refractivity contribution in [2.24, 2.45) is 5.92 Å². The summed E-state index contributed by atoms with van der Waals surface area (Å²) in [7, 11) is 1.21. The predicted molar refractivity (Wildman–Crippen MR) is 174 cm³/mol. The van der Waals surface area contributed by atoms with Crippen molar-refractivity contribution in [2.45, 2.75) is 71.8 Å². The van der Waals surface area contributed by atoms with Gasteiger partial charge < -0.3 is 35.6 Å². The van der Waals surface area contributed by atoms with Crippen LogP contribution in [0, 0.1) is 19.8 Å². The Balaban J connectivity index is 1.89. The summed E-state index contributed by atoms with van der Waals surface area (Å²) in [4.78, 5) is 69.9. The number of carboxylic acid groups (broad SMARTS) is 1. The Morgan fingerprint density at radius 3 is 2.30 bits per heavy atom. The summed E-state index contributed by atoms with van der Waals surface area (Å²) in [6.07, 6.45) is 2.82. The SMILES string of the molecule is C=CC1=C(C)C(Cc2[nH]c(C3c4[nH]c(C/C(NC=O)=C(\CCO)C(=C)C)c(C)c4C(=O)C3C(=O)OC)c(CCC(=O)O)c2C)NC1=O. The number of aliphatic hydroxyl groups excluding tert-OH is 1.